The van der Waals surface area contributed by atoms with Gasteiger partial charge in [-0.1, -0.05) is 13.8 Å². The monoisotopic (exact) mass is 293 g/mol. The highest BCUT2D eigenvalue weighted by atomic mass is 16.6. The molecule has 114 valence electrons. The van der Waals surface area contributed by atoms with E-state index in [-0.39, 0.29) is 29.1 Å². The minimum absolute atomic E-state index is 0.00415. The second-order valence-corrected chi connectivity index (χ2v) is 6.32. The molecule has 0 radical (unpaired) electrons. The van der Waals surface area contributed by atoms with Gasteiger partial charge in [-0.15, -0.1) is 0 Å². The Morgan fingerprint density at radius 2 is 2.29 bits per heavy atom. The van der Waals surface area contributed by atoms with Gasteiger partial charge in [0.2, 0.25) is 11.8 Å². The molecule has 1 aliphatic heterocycles. The first-order chi connectivity index (χ1) is 9.84. The van der Waals surface area contributed by atoms with Crippen molar-refractivity contribution in [2.75, 3.05) is 24.3 Å². The van der Waals surface area contributed by atoms with Gasteiger partial charge in [0.15, 0.2) is 0 Å². The van der Waals surface area contributed by atoms with Crippen molar-refractivity contribution in [1.82, 2.24) is 9.97 Å². The van der Waals surface area contributed by atoms with Crippen molar-refractivity contribution >= 4 is 17.5 Å². The van der Waals surface area contributed by atoms with Crippen molar-refractivity contribution in [3.63, 3.8) is 0 Å². The first-order valence-corrected chi connectivity index (χ1v) is 6.95. The molecule has 0 bridgehead atoms. The fourth-order valence-corrected chi connectivity index (χ4v) is 3.90. The van der Waals surface area contributed by atoms with Crippen LogP contribution in [0, 0.1) is 21.4 Å². The number of nitrogen functional groups attached to an aromatic ring is 1. The van der Waals surface area contributed by atoms with Crippen LogP contribution in [0.15, 0.2) is 6.20 Å². The van der Waals surface area contributed by atoms with E-state index >= 15 is 0 Å². The van der Waals surface area contributed by atoms with E-state index in [9.17, 15) is 10.1 Å². The Balaban J connectivity index is 1.87. The lowest BCUT2D eigenvalue weighted by Gasteiger charge is -2.57. The molecule has 21 heavy (non-hydrogen) atoms. The molecule has 8 nitrogen and oxygen atoms in total. The second kappa shape index (κ2) is 4.52. The second-order valence-electron chi connectivity index (χ2n) is 6.32. The largest absolute Gasteiger partial charge is 0.378 e. The van der Waals surface area contributed by atoms with Gasteiger partial charge in [0, 0.05) is 31.0 Å². The van der Waals surface area contributed by atoms with Gasteiger partial charge >= 0.3 is 5.69 Å². The number of nitrogens with two attached hydrogens (primary N) is 1. The van der Waals surface area contributed by atoms with Gasteiger partial charge in [0.25, 0.3) is 0 Å². The molecule has 1 aliphatic carbocycles. The summed E-state index contributed by atoms with van der Waals surface area (Å²) in [5.41, 5.74) is 5.38. The average Bonchev–Trinajstić information content (AvgIpc) is 2.84. The van der Waals surface area contributed by atoms with Crippen LogP contribution in [0.3, 0.4) is 0 Å². The highest BCUT2D eigenvalue weighted by Crippen LogP contribution is 2.54. The first-order valence-electron chi connectivity index (χ1n) is 6.95. The number of fused-ring (bicyclic) bond motifs is 1. The van der Waals surface area contributed by atoms with Crippen LogP contribution in [0.4, 0.5) is 17.5 Å². The lowest BCUT2D eigenvalue weighted by atomic mass is 9.57. The van der Waals surface area contributed by atoms with Gasteiger partial charge < -0.3 is 15.4 Å². The van der Waals surface area contributed by atoms with E-state index in [1.165, 1.54) is 6.20 Å². The first kappa shape index (κ1) is 14.0. The number of ether oxygens (including phenoxy) is 1. The van der Waals surface area contributed by atoms with Crippen LogP contribution in [-0.2, 0) is 4.74 Å². The summed E-state index contributed by atoms with van der Waals surface area (Å²) in [6.07, 6.45) is 2.45. The molecule has 1 saturated heterocycles. The Morgan fingerprint density at radius 3 is 2.90 bits per heavy atom. The van der Waals surface area contributed by atoms with Crippen molar-refractivity contribution in [2.24, 2.45) is 11.3 Å². The van der Waals surface area contributed by atoms with Crippen LogP contribution < -0.4 is 10.6 Å². The average molecular weight is 293 g/mol. The number of hydrogen-bond donors (Lipinski definition) is 1. The predicted octanol–water partition coefficient (Wildman–Crippen LogP) is 1.22. The van der Waals surface area contributed by atoms with Crippen molar-refractivity contribution in [1.29, 1.82) is 0 Å². The number of nitro groups is 1. The summed E-state index contributed by atoms with van der Waals surface area (Å²) in [6, 6.07) is 0.242. The minimum atomic E-state index is -0.576. The standard InChI is InChI=1S/C13H19N5O3/c1-13(2)9(7-4-5-21-10(7)13)17(3)12-15-6-8(18(19)20)11(14)16-12/h6-7,9-10H,4-5H2,1-3H3,(H2,14,15,16). The third-order valence-electron chi connectivity index (χ3n) is 4.75. The van der Waals surface area contributed by atoms with E-state index in [1.54, 1.807) is 0 Å². The molecular weight excluding hydrogens is 274 g/mol. The van der Waals surface area contributed by atoms with E-state index in [2.05, 4.69) is 23.8 Å². The Labute approximate surface area is 122 Å². The summed E-state index contributed by atoms with van der Waals surface area (Å²) >= 11 is 0. The lowest BCUT2D eigenvalue weighted by Crippen LogP contribution is -2.66. The van der Waals surface area contributed by atoms with E-state index in [1.807, 2.05) is 11.9 Å². The summed E-state index contributed by atoms with van der Waals surface area (Å²) in [5, 5.41) is 10.8. The molecule has 2 fully saturated rings. The van der Waals surface area contributed by atoms with Gasteiger partial charge in [-0.3, -0.25) is 10.1 Å². The number of rotatable bonds is 3. The molecule has 1 aromatic heterocycles. The fraction of sp³-hybridized carbons (Fsp3) is 0.692. The van der Waals surface area contributed by atoms with Gasteiger partial charge in [-0.05, 0) is 6.42 Å². The Morgan fingerprint density at radius 1 is 1.57 bits per heavy atom. The zero-order valence-electron chi connectivity index (χ0n) is 12.3. The Kier molecular flexibility index (Phi) is 3.01. The number of nitrogens with zero attached hydrogens (tertiary/aromatic N) is 4. The molecule has 1 aromatic rings. The van der Waals surface area contributed by atoms with Crippen molar-refractivity contribution in [3.05, 3.63) is 16.3 Å². The molecule has 3 rings (SSSR count). The van der Waals surface area contributed by atoms with E-state index in [4.69, 9.17) is 10.5 Å². The third-order valence-corrected chi connectivity index (χ3v) is 4.75. The molecule has 2 aliphatic rings. The molecule has 8 heteroatoms. The summed E-state index contributed by atoms with van der Waals surface area (Å²) in [6.45, 7) is 5.11. The van der Waals surface area contributed by atoms with Crippen molar-refractivity contribution < 1.29 is 9.66 Å². The van der Waals surface area contributed by atoms with Crippen LogP contribution in [0.1, 0.15) is 20.3 Å². The van der Waals surface area contributed by atoms with Gasteiger partial charge in [0.05, 0.1) is 11.0 Å². The Hall–Kier alpha value is -1.96. The van der Waals surface area contributed by atoms with Crippen molar-refractivity contribution in [2.45, 2.75) is 32.4 Å². The third kappa shape index (κ3) is 1.93. The normalized spacial score (nSPS) is 29.6. The maximum atomic E-state index is 10.8. The summed E-state index contributed by atoms with van der Waals surface area (Å²) < 4.78 is 5.78. The molecule has 1 saturated carbocycles. The highest BCUT2D eigenvalue weighted by molar-refractivity contribution is 5.54. The van der Waals surface area contributed by atoms with E-state index in [0.29, 0.717) is 11.9 Å². The zero-order chi connectivity index (χ0) is 15.4. The quantitative estimate of drug-likeness (QED) is 0.659. The molecule has 0 spiro atoms. The number of aromatic nitrogens is 2. The van der Waals surface area contributed by atoms with Gasteiger partial charge in [-0.25, -0.2) is 4.98 Å². The van der Waals surface area contributed by atoms with Crippen LogP contribution in [-0.4, -0.2) is 40.7 Å². The summed E-state index contributed by atoms with van der Waals surface area (Å²) in [7, 11) is 1.90. The van der Waals surface area contributed by atoms with Crippen LogP contribution >= 0.6 is 0 Å². The topological polar surface area (TPSA) is 107 Å². The van der Waals surface area contributed by atoms with E-state index < -0.39 is 4.92 Å². The molecule has 2 heterocycles. The lowest BCUT2D eigenvalue weighted by molar-refractivity contribution is -0.384. The Bertz CT molecular complexity index is 591. The fourth-order valence-electron chi connectivity index (χ4n) is 3.90. The minimum Gasteiger partial charge on any atom is -0.378 e. The van der Waals surface area contributed by atoms with E-state index in [0.717, 1.165) is 13.0 Å². The molecule has 2 N–H and O–H groups in total. The molecule has 0 aromatic carbocycles. The maximum absolute atomic E-state index is 10.8. The number of anilines is 2. The summed E-state index contributed by atoms with van der Waals surface area (Å²) in [5.74, 6) is 0.764. The highest BCUT2D eigenvalue weighted by Gasteiger charge is 2.61. The predicted molar refractivity (Wildman–Crippen MR) is 76.9 cm³/mol. The van der Waals surface area contributed by atoms with Crippen LogP contribution in [0.25, 0.3) is 0 Å². The van der Waals surface area contributed by atoms with Crippen LogP contribution in [0.2, 0.25) is 0 Å². The smallest absolute Gasteiger partial charge is 0.329 e. The summed E-state index contributed by atoms with van der Waals surface area (Å²) in [4.78, 5) is 20.3. The zero-order valence-corrected chi connectivity index (χ0v) is 12.3. The molecule has 3 unspecified atom stereocenters. The van der Waals surface area contributed by atoms with Gasteiger partial charge in [0.1, 0.15) is 6.20 Å². The SMILES string of the molecule is CN(c1ncc([N+](=O)[O-])c(N)n1)C1C2CCOC2C1(C)C. The molecule has 3 atom stereocenters. The van der Waals surface area contributed by atoms with Crippen LogP contribution in [0.5, 0.6) is 0 Å². The van der Waals surface area contributed by atoms with Crippen molar-refractivity contribution in [3.8, 4) is 0 Å². The number of hydrogen-bond acceptors (Lipinski definition) is 7. The molecule has 0 amide bonds. The maximum Gasteiger partial charge on any atom is 0.329 e. The molecular formula is C13H19N5O3. The van der Waals surface area contributed by atoms with Gasteiger partial charge in [-0.2, -0.15) is 4.98 Å².